The first kappa shape index (κ1) is 12.3. The van der Waals surface area contributed by atoms with Gasteiger partial charge >= 0.3 is 0 Å². The Hall–Kier alpha value is 0.327. The van der Waals surface area contributed by atoms with Crippen molar-refractivity contribution < 1.29 is 4.21 Å². The van der Waals surface area contributed by atoms with Crippen molar-refractivity contribution in [3.05, 3.63) is 0 Å². The summed E-state index contributed by atoms with van der Waals surface area (Å²) in [7, 11) is -2.03. The van der Waals surface area contributed by atoms with Gasteiger partial charge in [0.2, 0.25) is 0 Å². The van der Waals surface area contributed by atoms with Crippen LogP contribution in [0.25, 0.3) is 0 Å². The fraction of sp³-hybridized carbons (Fsp3) is 1.00. The highest BCUT2D eigenvalue weighted by atomic mass is 32.2. The SMILES string of the molecule is CC(C)(C)NS(=O)C[Si](C)(C)C. The Kier molecular flexibility index (Phi) is 4.13. The van der Waals surface area contributed by atoms with Crippen LogP contribution in [0.5, 0.6) is 0 Å². The molecule has 0 amide bonds. The lowest BCUT2D eigenvalue weighted by molar-refractivity contribution is 0.521. The van der Waals surface area contributed by atoms with Gasteiger partial charge in [-0.05, 0) is 20.8 Å². The third-order valence-electron chi connectivity index (χ3n) is 0.984. The zero-order chi connectivity index (χ0) is 9.99. The molecule has 4 heteroatoms. The molecule has 74 valence electrons. The Morgan fingerprint density at radius 3 is 1.92 bits per heavy atom. The quantitative estimate of drug-likeness (QED) is 0.704. The summed E-state index contributed by atoms with van der Waals surface area (Å²) < 4.78 is 14.6. The topological polar surface area (TPSA) is 29.1 Å². The lowest BCUT2D eigenvalue weighted by atomic mass is 10.1. The second kappa shape index (κ2) is 4.02. The van der Waals surface area contributed by atoms with Crippen molar-refractivity contribution in [2.45, 2.75) is 46.0 Å². The summed E-state index contributed by atoms with van der Waals surface area (Å²) in [6, 6.07) is 0. The van der Waals surface area contributed by atoms with E-state index in [4.69, 9.17) is 0 Å². The summed E-state index contributed by atoms with van der Waals surface area (Å²) in [5.41, 5.74) is -0.0372. The van der Waals surface area contributed by atoms with Gasteiger partial charge in [0.1, 0.15) is 0 Å². The zero-order valence-electron chi connectivity index (χ0n) is 9.02. The van der Waals surface area contributed by atoms with E-state index < -0.39 is 19.1 Å². The van der Waals surface area contributed by atoms with Gasteiger partial charge in [0.25, 0.3) is 0 Å². The molecule has 0 rings (SSSR count). The number of rotatable bonds is 3. The molecule has 0 aliphatic carbocycles. The van der Waals surface area contributed by atoms with Gasteiger partial charge in [0.15, 0.2) is 0 Å². The van der Waals surface area contributed by atoms with Crippen LogP contribution < -0.4 is 4.72 Å². The molecule has 0 saturated carbocycles. The van der Waals surface area contributed by atoms with Crippen LogP contribution in [-0.4, -0.2) is 23.2 Å². The predicted octanol–water partition coefficient (Wildman–Crippen LogP) is 1.92. The van der Waals surface area contributed by atoms with Gasteiger partial charge in [-0.25, -0.2) is 8.93 Å². The van der Waals surface area contributed by atoms with E-state index in [0.29, 0.717) is 0 Å². The summed E-state index contributed by atoms with van der Waals surface area (Å²) in [6.07, 6.45) is 0. The maximum Gasteiger partial charge on any atom is 0.0892 e. The van der Waals surface area contributed by atoms with E-state index in [1.54, 1.807) is 0 Å². The number of nitrogens with one attached hydrogen (secondary N) is 1. The summed E-state index contributed by atoms with van der Waals surface area (Å²) in [5, 5.41) is 0.838. The van der Waals surface area contributed by atoms with Crippen molar-refractivity contribution >= 4 is 19.1 Å². The van der Waals surface area contributed by atoms with Gasteiger partial charge in [-0.15, -0.1) is 0 Å². The van der Waals surface area contributed by atoms with Crippen LogP contribution in [0.4, 0.5) is 0 Å². The minimum absolute atomic E-state index is 0.0372. The van der Waals surface area contributed by atoms with E-state index in [1.165, 1.54) is 0 Å². The summed E-state index contributed by atoms with van der Waals surface area (Å²) in [4.78, 5) is 0. The molecule has 0 aromatic heterocycles. The van der Waals surface area contributed by atoms with Crippen LogP contribution in [0.1, 0.15) is 20.8 Å². The molecule has 0 saturated heterocycles. The minimum Gasteiger partial charge on any atom is -0.243 e. The van der Waals surface area contributed by atoms with Crippen molar-refractivity contribution in [2.24, 2.45) is 0 Å². The van der Waals surface area contributed by atoms with E-state index in [0.717, 1.165) is 5.38 Å². The van der Waals surface area contributed by atoms with Gasteiger partial charge in [-0.1, -0.05) is 19.6 Å². The smallest absolute Gasteiger partial charge is 0.0892 e. The molecule has 0 spiro atoms. The summed E-state index contributed by atoms with van der Waals surface area (Å²) in [6.45, 7) is 12.8. The van der Waals surface area contributed by atoms with Crippen LogP contribution in [0, 0.1) is 0 Å². The van der Waals surface area contributed by atoms with E-state index in [-0.39, 0.29) is 5.54 Å². The molecule has 12 heavy (non-hydrogen) atoms. The molecule has 0 bridgehead atoms. The first-order valence-corrected chi connectivity index (χ1v) is 9.29. The van der Waals surface area contributed by atoms with Crippen LogP contribution in [-0.2, 0) is 11.0 Å². The Bertz CT molecular complexity index is 151. The molecule has 0 aliphatic rings. The second-order valence-corrected chi connectivity index (χ2v) is 12.6. The number of hydrogen-bond donors (Lipinski definition) is 1. The van der Waals surface area contributed by atoms with Gasteiger partial charge in [-0.3, -0.25) is 0 Å². The molecule has 0 aromatic carbocycles. The molecule has 0 aliphatic heterocycles. The lowest BCUT2D eigenvalue weighted by Crippen LogP contribution is -2.43. The van der Waals surface area contributed by atoms with E-state index in [9.17, 15) is 4.21 Å². The fourth-order valence-corrected chi connectivity index (χ4v) is 4.89. The zero-order valence-corrected chi connectivity index (χ0v) is 10.8. The van der Waals surface area contributed by atoms with Crippen molar-refractivity contribution in [3.8, 4) is 0 Å². The molecule has 1 atom stereocenters. The van der Waals surface area contributed by atoms with Gasteiger partial charge < -0.3 is 0 Å². The van der Waals surface area contributed by atoms with E-state index in [1.807, 2.05) is 20.8 Å². The van der Waals surface area contributed by atoms with Gasteiger partial charge in [0.05, 0.1) is 19.1 Å². The molecule has 2 nitrogen and oxygen atoms in total. The molecular weight excluding hydrogens is 186 g/mol. The normalized spacial score (nSPS) is 16.2. The van der Waals surface area contributed by atoms with Crippen LogP contribution >= 0.6 is 0 Å². The molecular formula is C8H21NOSSi. The first-order chi connectivity index (χ1) is 5.10. The lowest BCUT2D eigenvalue weighted by Gasteiger charge is -2.22. The van der Waals surface area contributed by atoms with Crippen LogP contribution in [0.3, 0.4) is 0 Å². The fourth-order valence-electron chi connectivity index (χ4n) is 0.771. The van der Waals surface area contributed by atoms with Crippen LogP contribution in [0.15, 0.2) is 0 Å². The Morgan fingerprint density at radius 2 is 1.67 bits per heavy atom. The van der Waals surface area contributed by atoms with Crippen LogP contribution in [0.2, 0.25) is 19.6 Å². The minimum atomic E-state index is -1.18. The molecule has 0 fully saturated rings. The molecule has 0 heterocycles. The second-order valence-electron chi connectivity index (χ2n) is 5.40. The summed E-state index contributed by atoms with van der Waals surface area (Å²) >= 11 is 0. The summed E-state index contributed by atoms with van der Waals surface area (Å²) in [5.74, 6) is 0. The molecule has 1 unspecified atom stereocenters. The highest BCUT2D eigenvalue weighted by Gasteiger charge is 2.20. The van der Waals surface area contributed by atoms with E-state index >= 15 is 0 Å². The average Bonchev–Trinajstić information content (AvgIpc) is 1.49. The molecule has 0 aromatic rings. The Labute approximate surface area is 79.7 Å². The third kappa shape index (κ3) is 8.42. The van der Waals surface area contributed by atoms with E-state index in [2.05, 4.69) is 24.4 Å². The van der Waals surface area contributed by atoms with Gasteiger partial charge in [-0.2, -0.15) is 0 Å². The first-order valence-electron chi connectivity index (χ1n) is 4.26. The monoisotopic (exact) mass is 207 g/mol. The standard InChI is InChI=1S/C8H21NOSSi/c1-8(2,3)9-11(10)7-12(4,5)6/h9H,7H2,1-6H3. The average molecular weight is 207 g/mol. The number of hydrogen-bond acceptors (Lipinski definition) is 1. The third-order valence-corrected chi connectivity index (χ3v) is 6.34. The Morgan fingerprint density at radius 1 is 1.25 bits per heavy atom. The van der Waals surface area contributed by atoms with Gasteiger partial charge in [0, 0.05) is 10.9 Å². The van der Waals surface area contributed by atoms with Crippen molar-refractivity contribution in [2.75, 3.05) is 5.38 Å². The maximum atomic E-state index is 11.5. The highest BCUT2D eigenvalue weighted by Crippen LogP contribution is 2.05. The molecule has 0 radical (unpaired) electrons. The van der Waals surface area contributed by atoms with Crippen molar-refractivity contribution in [3.63, 3.8) is 0 Å². The Balaban J connectivity index is 3.92. The van der Waals surface area contributed by atoms with Crippen molar-refractivity contribution in [1.82, 2.24) is 4.72 Å². The largest absolute Gasteiger partial charge is 0.243 e. The molecule has 1 N–H and O–H groups in total. The van der Waals surface area contributed by atoms with Crippen molar-refractivity contribution in [1.29, 1.82) is 0 Å². The maximum absolute atomic E-state index is 11.5. The highest BCUT2D eigenvalue weighted by molar-refractivity contribution is 7.85. The predicted molar refractivity (Wildman–Crippen MR) is 59.2 cm³/mol.